The van der Waals surface area contributed by atoms with E-state index in [1.165, 1.54) is 0 Å². The molecule has 0 saturated carbocycles. The highest BCUT2D eigenvalue weighted by atomic mass is 31.2. The standard InChI is InChI=1S/C12H19O16P/c1-5(14)23-26-29(21,27-24-6(2)15)28-25-8(16)3-12(20)11(19)10(18)9(17)7(4-13)22-12/h7,9-11,13,17-20H,3-4H2,1-2H3/t7-,9-,10+,11-,12?/m1/s1. The van der Waals surface area contributed by atoms with Crippen molar-refractivity contribution in [1.29, 1.82) is 0 Å². The highest BCUT2D eigenvalue weighted by Crippen LogP contribution is 2.50. The van der Waals surface area contributed by atoms with Crippen LogP contribution in [-0.4, -0.2) is 80.3 Å². The summed E-state index contributed by atoms with van der Waals surface area (Å²) in [5, 5.41) is 48.4. The van der Waals surface area contributed by atoms with Crippen LogP contribution in [0.1, 0.15) is 20.3 Å². The number of ether oxygens (including phenoxy) is 1. The van der Waals surface area contributed by atoms with Gasteiger partial charge >= 0.3 is 25.7 Å². The summed E-state index contributed by atoms with van der Waals surface area (Å²) in [6.45, 7) is 0.730. The molecule has 0 aliphatic carbocycles. The molecule has 0 aromatic heterocycles. The quantitative estimate of drug-likeness (QED) is 0.135. The zero-order chi connectivity index (χ0) is 22.4. The molecule has 0 aromatic rings. The summed E-state index contributed by atoms with van der Waals surface area (Å²) in [4.78, 5) is 45.0. The molecule has 168 valence electrons. The van der Waals surface area contributed by atoms with Crippen LogP contribution in [0.2, 0.25) is 0 Å². The maximum Gasteiger partial charge on any atom is 0.584 e. The minimum absolute atomic E-state index is 0.816. The third-order valence-electron chi connectivity index (χ3n) is 3.16. The van der Waals surface area contributed by atoms with Crippen LogP contribution >= 0.6 is 7.82 Å². The lowest BCUT2D eigenvalue weighted by Crippen LogP contribution is -2.65. The van der Waals surface area contributed by atoms with E-state index in [1.807, 2.05) is 0 Å². The van der Waals surface area contributed by atoms with Crippen LogP contribution in [0.3, 0.4) is 0 Å². The van der Waals surface area contributed by atoms with Crippen LogP contribution in [0.4, 0.5) is 0 Å². The van der Waals surface area contributed by atoms with E-state index in [0.29, 0.717) is 0 Å². The summed E-state index contributed by atoms with van der Waals surface area (Å²) in [6, 6.07) is 0. The number of hydrogen-bond donors (Lipinski definition) is 5. The zero-order valence-corrected chi connectivity index (χ0v) is 15.8. The summed E-state index contributed by atoms with van der Waals surface area (Å²) in [5.74, 6) is -6.79. The predicted octanol–water partition coefficient (Wildman–Crippen LogP) is -2.89. The van der Waals surface area contributed by atoms with E-state index in [2.05, 4.69) is 28.7 Å². The molecule has 1 rings (SSSR count). The fraction of sp³-hybridized carbons (Fsp3) is 0.750. The molecular formula is C12H19O16P. The third kappa shape index (κ3) is 7.23. The van der Waals surface area contributed by atoms with E-state index in [-0.39, 0.29) is 0 Å². The molecule has 0 aromatic carbocycles. The van der Waals surface area contributed by atoms with Crippen molar-refractivity contribution in [3.63, 3.8) is 0 Å². The van der Waals surface area contributed by atoms with Gasteiger partial charge in [0.2, 0.25) is 5.79 Å². The predicted molar refractivity (Wildman–Crippen MR) is 80.0 cm³/mol. The molecule has 5 N–H and O–H groups in total. The highest BCUT2D eigenvalue weighted by Gasteiger charge is 2.54. The lowest BCUT2D eigenvalue weighted by Gasteiger charge is -2.44. The average molecular weight is 450 g/mol. The molecule has 29 heavy (non-hydrogen) atoms. The van der Waals surface area contributed by atoms with Gasteiger partial charge < -0.3 is 30.3 Å². The Morgan fingerprint density at radius 3 is 1.90 bits per heavy atom. The normalized spacial score (nSPS) is 29.8. The maximum absolute atomic E-state index is 12.0. The number of hydrogen-bond acceptors (Lipinski definition) is 16. The summed E-state index contributed by atoms with van der Waals surface area (Å²) in [7, 11) is -5.16. The van der Waals surface area contributed by atoms with Gasteiger partial charge in [-0.25, -0.2) is 18.9 Å². The molecule has 17 heteroatoms. The van der Waals surface area contributed by atoms with Gasteiger partial charge in [-0.1, -0.05) is 14.0 Å². The van der Waals surface area contributed by atoms with Crippen molar-refractivity contribution in [1.82, 2.24) is 0 Å². The Labute approximate surface area is 161 Å². The lowest BCUT2D eigenvalue weighted by atomic mass is 9.91. The van der Waals surface area contributed by atoms with Gasteiger partial charge in [0, 0.05) is 13.8 Å². The second-order valence-electron chi connectivity index (χ2n) is 5.56. The van der Waals surface area contributed by atoms with E-state index in [9.17, 15) is 39.4 Å². The van der Waals surface area contributed by atoms with Crippen LogP contribution in [0.15, 0.2) is 0 Å². The average Bonchev–Trinajstić information content (AvgIpc) is 2.65. The Kier molecular flexibility index (Phi) is 9.04. The number of aliphatic hydroxyl groups excluding tert-OH is 4. The molecule has 1 heterocycles. The highest BCUT2D eigenvalue weighted by molar-refractivity contribution is 7.48. The fourth-order valence-electron chi connectivity index (χ4n) is 1.92. The summed E-state index contributed by atoms with van der Waals surface area (Å²) in [6.07, 6.45) is -8.94. The fourth-order valence-corrected chi connectivity index (χ4v) is 2.57. The molecule has 0 amide bonds. The number of carbonyl (C=O) groups excluding carboxylic acids is 3. The van der Waals surface area contributed by atoms with Crippen molar-refractivity contribution >= 4 is 25.7 Å². The van der Waals surface area contributed by atoms with Gasteiger partial charge in [0.1, 0.15) is 30.8 Å². The van der Waals surface area contributed by atoms with Gasteiger partial charge in [0.05, 0.1) is 6.61 Å². The second kappa shape index (κ2) is 10.4. The Balaban J connectivity index is 2.78. The Morgan fingerprint density at radius 2 is 1.45 bits per heavy atom. The first-order valence-corrected chi connectivity index (χ1v) is 9.07. The summed E-state index contributed by atoms with van der Waals surface area (Å²) in [5.41, 5.74) is 0. The van der Waals surface area contributed by atoms with Crippen LogP contribution in [0, 0.1) is 0 Å². The van der Waals surface area contributed by atoms with E-state index in [4.69, 9.17) is 9.84 Å². The first-order valence-electron chi connectivity index (χ1n) is 7.61. The van der Waals surface area contributed by atoms with E-state index >= 15 is 0 Å². The summed E-state index contributed by atoms with van der Waals surface area (Å²) < 4.78 is 28.7. The molecule has 1 aliphatic rings. The van der Waals surface area contributed by atoms with Gasteiger partial charge in [-0.3, -0.25) is 14.7 Å². The Morgan fingerprint density at radius 1 is 0.966 bits per heavy atom. The molecule has 0 spiro atoms. The number of carbonyl (C=O) groups is 3. The van der Waals surface area contributed by atoms with Gasteiger partial charge in [0.15, 0.2) is 0 Å². The number of aliphatic hydroxyl groups is 5. The minimum atomic E-state index is -5.16. The van der Waals surface area contributed by atoms with Crippen LogP contribution in [0.25, 0.3) is 0 Å². The number of phosphoric acid groups is 1. The Bertz CT molecular complexity index is 628. The van der Waals surface area contributed by atoms with E-state index in [1.54, 1.807) is 0 Å². The summed E-state index contributed by atoms with van der Waals surface area (Å²) >= 11 is 0. The van der Waals surface area contributed by atoms with Crippen LogP contribution < -0.4 is 0 Å². The monoisotopic (exact) mass is 450 g/mol. The van der Waals surface area contributed by atoms with Gasteiger partial charge in [-0.05, 0) is 0 Å². The second-order valence-corrected chi connectivity index (χ2v) is 6.90. The Hall–Kier alpha value is -1.72. The van der Waals surface area contributed by atoms with E-state index in [0.717, 1.165) is 13.8 Å². The van der Waals surface area contributed by atoms with Gasteiger partial charge in [-0.2, -0.15) is 0 Å². The SMILES string of the molecule is CC(=O)OOP(=O)(OOC(C)=O)OOC(=O)CC1(O)O[C@H](CO)[C@@H](O)[C@H](O)[C@H]1O. The molecule has 5 atom stereocenters. The molecule has 1 saturated heterocycles. The largest absolute Gasteiger partial charge is 0.584 e. The van der Waals surface area contributed by atoms with Crippen molar-refractivity contribution < 1.29 is 77.9 Å². The maximum atomic E-state index is 12.0. The minimum Gasteiger partial charge on any atom is -0.394 e. The molecule has 1 fully saturated rings. The van der Waals surface area contributed by atoms with Crippen molar-refractivity contribution in [3.8, 4) is 0 Å². The van der Waals surface area contributed by atoms with Crippen molar-refractivity contribution in [2.45, 2.75) is 50.5 Å². The lowest BCUT2D eigenvalue weighted by molar-refractivity contribution is -0.353. The van der Waals surface area contributed by atoms with Crippen molar-refractivity contribution in [2.24, 2.45) is 0 Å². The van der Waals surface area contributed by atoms with E-state index < -0.39 is 69.0 Å². The molecule has 1 aliphatic heterocycles. The zero-order valence-electron chi connectivity index (χ0n) is 14.9. The molecule has 16 nitrogen and oxygen atoms in total. The van der Waals surface area contributed by atoms with Gasteiger partial charge in [-0.15, -0.1) is 0 Å². The molecule has 0 radical (unpaired) electrons. The van der Waals surface area contributed by atoms with Crippen LogP contribution in [0.5, 0.6) is 0 Å². The van der Waals surface area contributed by atoms with Crippen LogP contribution in [-0.2, 0) is 52.4 Å². The number of rotatable bonds is 9. The smallest absolute Gasteiger partial charge is 0.394 e. The topological polar surface area (TPSA) is 234 Å². The first kappa shape index (κ1) is 25.3. The van der Waals surface area contributed by atoms with Gasteiger partial charge in [0.25, 0.3) is 0 Å². The molecule has 1 unspecified atom stereocenters. The third-order valence-corrected chi connectivity index (χ3v) is 3.93. The van der Waals surface area contributed by atoms with Crippen molar-refractivity contribution in [3.05, 3.63) is 0 Å². The van der Waals surface area contributed by atoms with Crippen molar-refractivity contribution in [2.75, 3.05) is 6.61 Å². The molecule has 0 bridgehead atoms. The molecular weight excluding hydrogens is 431 g/mol. The first-order chi connectivity index (χ1) is 13.3.